The van der Waals surface area contributed by atoms with Crippen LogP contribution in [0.1, 0.15) is 25.7 Å². The summed E-state index contributed by atoms with van der Waals surface area (Å²) in [6.45, 7) is 0. The fraction of sp³-hybridized carbons (Fsp3) is 0.375. The summed E-state index contributed by atoms with van der Waals surface area (Å²) in [6, 6.07) is 8.78. The number of nitrogens with zero attached hydrogens (tertiary/aromatic N) is 2. The monoisotopic (exact) mass is 238 g/mol. The van der Waals surface area contributed by atoms with Gasteiger partial charge in [-0.1, -0.05) is 24.3 Å². The zero-order valence-electron chi connectivity index (χ0n) is 10.8. The Balaban J connectivity index is 1.87. The van der Waals surface area contributed by atoms with Crippen molar-refractivity contribution in [3.05, 3.63) is 47.7 Å². The lowest BCUT2D eigenvalue weighted by atomic mass is 9.93. The SMILES string of the molecule is CN1c2ccccc2N2C3=CCCC=C3CCC12. The van der Waals surface area contributed by atoms with E-state index in [4.69, 9.17) is 0 Å². The van der Waals surface area contributed by atoms with Gasteiger partial charge in [-0.15, -0.1) is 0 Å². The average Bonchev–Trinajstić information content (AvgIpc) is 2.73. The van der Waals surface area contributed by atoms with Gasteiger partial charge in [-0.05, 0) is 43.4 Å². The van der Waals surface area contributed by atoms with Crippen LogP contribution in [0, 0.1) is 0 Å². The van der Waals surface area contributed by atoms with Gasteiger partial charge in [-0.25, -0.2) is 0 Å². The van der Waals surface area contributed by atoms with Crippen molar-refractivity contribution < 1.29 is 0 Å². The molecule has 1 unspecified atom stereocenters. The van der Waals surface area contributed by atoms with E-state index in [2.05, 4.69) is 53.3 Å². The van der Waals surface area contributed by atoms with Crippen molar-refractivity contribution in [2.75, 3.05) is 16.8 Å². The summed E-state index contributed by atoms with van der Waals surface area (Å²) in [5.74, 6) is 0. The maximum atomic E-state index is 2.55. The van der Waals surface area contributed by atoms with Gasteiger partial charge in [0, 0.05) is 12.7 Å². The highest BCUT2D eigenvalue weighted by atomic mass is 15.4. The third-order valence-corrected chi connectivity index (χ3v) is 4.42. The summed E-state index contributed by atoms with van der Waals surface area (Å²) in [5, 5.41) is 0. The predicted molar refractivity (Wildman–Crippen MR) is 75.7 cm³/mol. The summed E-state index contributed by atoms with van der Waals surface area (Å²) >= 11 is 0. The van der Waals surface area contributed by atoms with Crippen LogP contribution in [-0.2, 0) is 0 Å². The highest BCUT2D eigenvalue weighted by molar-refractivity contribution is 5.81. The fourth-order valence-electron chi connectivity index (χ4n) is 3.55. The first-order valence-corrected chi connectivity index (χ1v) is 6.87. The molecule has 1 aromatic rings. The summed E-state index contributed by atoms with van der Waals surface area (Å²) < 4.78 is 0. The van der Waals surface area contributed by atoms with Gasteiger partial charge in [0.05, 0.1) is 11.4 Å². The summed E-state index contributed by atoms with van der Waals surface area (Å²) in [7, 11) is 2.22. The molecule has 1 atom stereocenters. The molecule has 2 heteroatoms. The predicted octanol–water partition coefficient (Wildman–Crippen LogP) is 3.67. The van der Waals surface area contributed by atoms with Crippen LogP contribution in [-0.4, -0.2) is 13.2 Å². The fourth-order valence-corrected chi connectivity index (χ4v) is 3.55. The standard InChI is InChI=1S/C16H18N2/c1-17-14-8-4-5-9-15(14)18-13-7-3-2-6-12(13)10-11-16(17)18/h4-9,16H,2-3,10-11H2,1H3. The van der Waals surface area contributed by atoms with Gasteiger partial charge in [-0.2, -0.15) is 0 Å². The molecule has 1 aliphatic carbocycles. The average molecular weight is 238 g/mol. The van der Waals surface area contributed by atoms with Crippen molar-refractivity contribution in [3.8, 4) is 0 Å². The highest BCUT2D eigenvalue weighted by Crippen LogP contribution is 2.47. The van der Waals surface area contributed by atoms with Crippen LogP contribution >= 0.6 is 0 Å². The van der Waals surface area contributed by atoms with E-state index in [1.807, 2.05) is 0 Å². The molecule has 0 aromatic heterocycles. The van der Waals surface area contributed by atoms with Gasteiger partial charge in [0.15, 0.2) is 0 Å². The third-order valence-electron chi connectivity index (χ3n) is 4.42. The summed E-state index contributed by atoms with van der Waals surface area (Å²) in [5.41, 5.74) is 5.77. The maximum Gasteiger partial charge on any atom is 0.106 e. The van der Waals surface area contributed by atoms with E-state index < -0.39 is 0 Å². The Labute approximate surface area is 108 Å². The van der Waals surface area contributed by atoms with Crippen molar-refractivity contribution in [2.45, 2.75) is 31.8 Å². The van der Waals surface area contributed by atoms with Crippen LogP contribution in [0.3, 0.4) is 0 Å². The number of allylic oxidation sites excluding steroid dienone is 3. The van der Waals surface area contributed by atoms with Crippen molar-refractivity contribution in [1.82, 2.24) is 0 Å². The molecule has 0 amide bonds. The Morgan fingerprint density at radius 2 is 1.83 bits per heavy atom. The molecular formula is C16H18N2. The lowest BCUT2D eigenvalue weighted by molar-refractivity contribution is 0.560. The van der Waals surface area contributed by atoms with Gasteiger partial charge in [-0.3, -0.25) is 0 Å². The second kappa shape index (κ2) is 3.64. The molecule has 4 rings (SSSR count). The van der Waals surface area contributed by atoms with Crippen LogP contribution < -0.4 is 9.80 Å². The molecule has 2 heterocycles. The van der Waals surface area contributed by atoms with Crippen LogP contribution in [0.25, 0.3) is 0 Å². The molecule has 0 radical (unpaired) electrons. The van der Waals surface area contributed by atoms with E-state index in [0.717, 1.165) is 0 Å². The van der Waals surface area contributed by atoms with E-state index >= 15 is 0 Å². The van der Waals surface area contributed by atoms with E-state index in [9.17, 15) is 0 Å². The molecule has 1 fully saturated rings. The molecule has 0 spiro atoms. The summed E-state index contributed by atoms with van der Waals surface area (Å²) in [4.78, 5) is 4.98. The number of hydrogen-bond donors (Lipinski definition) is 0. The van der Waals surface area contributed by atoms with Crippen LogP contribution in [0.2, 0.25) is 0 Å². The molecular weight excluding hydrogens is 220 g/mol. The van der Waals surface area contributed by atoms with Crippen LogP contribution in [0.5, 0.6) is 0 Å². The van der Waals surface area contributed by atoms with Crippen molar-refractivity contribution in [2.24, 2.45) is 0 Å². The van der Waals surface area contributed by atoms with Gasteiger partial charge >= 0.3 is 0 Å². The number of rotatable bonds is 0. The molecule has 92 valence electrons. The topological polar surface area (TPSA) is 6.48 Å². The highest BCUT2D eigenvalue weighted by Gasteiger charge is 2.39. The van der Waals surface area contributed by atoms with Crippen molar-refractivity contribution in [1.29, 1.82) is 0 Å². The number of hydrogen-bond acceptors (Lipinski definition) is 2. The maximum absolute atomic E-state index is 2.55. The number of benzene rings is 1. The first-order valence-electron chi connectivity index (χ1n) is 6.87. The zero-order valence-corrected chi connectivity index (χ0v) is 10.8. The Morgan fingerprint density at radius 1 is 1.06 bits per heavy atom. The number of anilines is 2. The number of fused-ring (bicyclic) bond motifs is 5. The second-order valence-corrected chi connectivity index (χ2v) is 5.38. The Bertz CT molecular complexity index is 556. The second-order valence-electron chi connectivity index (χ2n) is 5.38. The van der Waals surface area contributed by atoms with E-state index in [-0.39, 0.29) is 0 Å². The largest absolute Gasteiger partial charge is 0.352 e. The Kier molecular flexibility index (Phi) is 2.07. The Hall–Kier alpha value is -1.70. The smallest absolute Gasteiger partial charge is 0.106 e. The van der Waals surface area contributed by atoms with Gasteiger partial charge in [0.2, 0.25) is 0 Å². The third kappa shape index (κ3) is 1.23. The summed E-state index contributed by atoms with van der Waals surface area (Å²) in [6.07, 6.45) is 10.2. The quantitative estimate of drug-likeness (QED) is 0.680. The minimum absolute atomic E-state index is 0.517. The first kappa shape index (κ1) is 10.2. The first-order chi connectivity index (χ1) is 8.86. The minimum Gasteiger partial charge on any atom is -0.352 e. The minimum atomic E-state index is 0.517. The molecule has 3 aliphatic rings. The number of piperidine rings is 1. The van der Waals surface area contributed by atoms with Gasteiger partial charge < -0.3 is 9.80 Å². The number of para-hydroxylation sites is 2. The molecule has 0 saturated carbocycles. The van der Waals surface area contributed by atoms with Crippen molar-refractivity contribution in [3.63, 3.8) is 0 Å². The van der Waals surface area contributed by atoms with Gasteiger partial charge in [0.1, 0.15) is 6.17 Å². The van der Waals surface area contributed by atoms with Crippen LogP contribution in [0.15, 0.2) is 47.7 Å². The lowest BCUT2D eigenvalue weighted by Gasteiger charge is -2.39. The van der Waals surface area contributed by atoms with Crippen LogP contribution in [0.4, 0.5) is 11.4 Å². The molecule has 2 nitrogen and oxygen atoms in total. The Morgan fingerprint density at radius 3 is 2.72 bits per heavy atom. The molecule has 2 aliphatic heterocycles. The van der Waals surface area contributed by atoms with Crippen molar-refractivity contribution >= 4 is 11.4 Å². The normalized spacial score (nSPS) is 25.1. The van der Waals surface area contributed by atoms with E-state index in [1.54, 1.807) is 5.57 Å². The van der Waals surface area contributed by atoms with E-state index in [1.165, 1.54) is 42.8 Å². The van der Waals surface area contributed by atoms with E-state index in [0.29, 0.717) is 6.17 Å². The van der Waals surface area contributed by atoms with Gasteiger partial charge in [0.25, 0.3) is 0 Å². The molecule has 1 saturated heterocycles. The molecule has 0 bridgehead atoms. The molecule has 18 heavy (non-hydrogen) atoms. The lowest BCUT2D eigenvalue weighted by Crippen LogP contribution is -2.44. The molecule has 1 aromatic carbocycles. The zero-order chi connectivity index (χ0) is 12.1. The molecule has 0 N–H and O–H groups in total.